The highest BCUT2D eigenvalue weighted by atomic mass is 15.1. The minimum Gasteiger partial charge on any atom is -0.340 e. The Morgan fingerprint density at radius 2 is 1.60 bits per heavy atom. The van der Waals surface area contributed by atoms with Crippen molar-refractivity contribution in [3.05, 3.63) is 70.9 Å². The Bertz CT molecular complexity index is 936. The molecule has 1 heterocycles. The predicted octanol–water partition coefficient (Wildman–Crippen LogP) is 4.76. The Kier molecular flexibility index (Phi) is 4.62. The number of nitrogens with zero attached hydrogens (tertiary/aromatic N) is 3. The summed E-state index contributed by atoms with van der Waals surface area (Å²) >= 11 is 0. The molecule has 5 nitrogen and oxygen atoms in total. The molecule has 3 aromatic rings. The monoisotopic (exact) mass is 329 g/mol. The van der Waals surface area contributed by atoms with E-state index in [4.69, 9.17) is 0 Å². The Morgan fingerprint density at radius 1 is 0.880 bits per heavy atom. The molecule has 0 spiro atoms. The first kappa shape index (κ1) is 16.5. The van der Waals surface area contributed by atoms with Gasteiger partial charge in [-0.05, 0) is 44.0 Å². The summed E-state index contributed by atoms with van der Waals surface area (Å²) in [6.07, 6.45) is 0. The number of aromatic nitrogens is 2. The second-order valence-corrected chi connectivity index (χ2v) is 5.89. The van der Waals surface area contributed by atoms with Crippen LogP contribution in [0, 0.1) is 32.1 Å². The number of hydrogen-bond donors (Lipinski definition) is 2. The Morgan fingerprint density at radius 3 is 2.32 bits per heavy atom. The molecule has 0 unspecified atom stereocenters. The molecule has 0 fully saturated rings. The van der Waals surface area contributed by atoms with Gasteiger partial charge in [-0.25, -0.2) is 4.98 Å². The Balaban J connectivity index is 1.92. The van der Waals surface area contributed by atoms with Gasteiger partial charge in [0.15, 0.2) is 0 Å². The van der Waals surface area contributed by atoms with E-state index in [9.17, 15) is 5.26 Å². The lowest BCUT2D eigenvalue weighted by Gasteiger charge is -2.14. The van der Waals surface area contributed by atoms with Gasteiger partial charge in [0, 0.05) is 17.4 Å². The summed E-state index contributed by atoms with van der Waals surface area (Å²) in [7, 11) is 0. The maximum Gasteiger partial charge on any atom is 0.229 e. The molecule has 0 aliphatic rings. The maximum absolute atomic E-state index is 9.22. The summed E-state index contributed by atoms with van der Waals surface area (Å²) in [6.45, 7) is 6.04. The molecule has 5 heteroatoms. The number of aryl methyl sites for hydroxylation is 3. The van der Waals surface area contributed by atoms with Gasteiger partial charge in [-0.2, -0.15) is 10.2 Å². The lowest BCUT2D eigenvalue weighted by Crippen LogP contribution is -2.04. The third-order valence-electron chi connectivity index (χ3n) is 3.88. The van der Waals surface area contributed by atoms with E-state index < -0.39 is 0 Å². The molecule has 25 heavy (non-hydrogen) atoms. The zero-order valence-corrected chi connectivity index (χ0v) is 14.5. The van der Waals surface area contributed by atoms with Gasteiger partial charge in [-0.3, -0.25) is 0 Å². The molecule has 1 aromatic heterocycles. The number of hydrogen-bond acceptors (Lipinski definition) is 5. The van der Waals surface area contributed by atoms with Crippen molar-refractivity contribution in [1.82, 2.24) is 9.97 Å². The largest absolute Gasteiger partial charge is 0.340 e. The van der Waals surface area contributed by atoms with Gasteiger partial charge in [0.1, 0.15) is 11.9 Å². The van der Waals surface area contributed by atoms with Crippen LogP contribution in [0.4, 0.5) is 23.1 Å². The van der Waals surface area contributed by atoms with Crippen molar-refractivity contribution in [2.75, 3.05) is 10.6 Å². The van der Waals surface area contributed by atoms with Crippen molar-refractivity contribution >= 4 is 23.1 Å². The molecule has 0 aliphatic carbocycles. The highest BCUT2D eigenvalue weighted by Gasteiger charge is 2.08. The van der Waals surface area contributed by atoms with Gasteiger partial charge in [0.2, 0.25) is 5.95 Å². The molecule has 2 aromatic carbocycles. The number of nitrogens with one attached hydrogen (secondary N) is 2. The molecular formula is C20H19N5. The van der Waals surface area contributed by atoms with Crippen molar-refractivity contribution in [2.24, 2.45) is 0 Å². The molecule has 124 valence electrons. The van der Waals surface area contributed by atoms with E-state index in [2.05, 4.69) is 52.7 Å². The van der Waals surface area contributed by atoms with E-state index in [0.717, 1.165) is 22.5 Å². The quantitative estimate of drug-likeness (QED) is 0.722. The van der Waals surface area contributed by atoms with Gasteiger partial charge >= 0.3 is 0 Å². The molecule has 0 bridgehead atoms. The summed E-state index contributed by atoms with van der Waals surface area (Å²) in [4.78, 5) is 8.96. The number of benzene rings is 2. The predicted molar refractivity (Wildman–Crippen MR) is 100 cm³/mol. The van der Waals surface area contributed by atoms with E-state index in [1.54, 1.807) is 6.07 Å². The highest BCUT2D eigenvalue weighted by molar-refractivity contribution is 5.67. The van der Waals surface area contributed by atoms with Crippen LogP contribution in [0.1, 0.15) is 22.4 Å². The molecule has 0 amide bonds. The van der Waals surface area contributed by atoms with Gasteiger partial charge in [0.05, 0.1) is 11.3 Å². The third-order valence-corrected chi connectivity index (χ3v) is 3.88. The van der Waals surface area contributed by atoms with Crippen LogP contribution in [0.15, 0.2) is 48.5 Å². The molecule has 0 radical (unpaired) electrons. The van der Waals surface area contributed by atoms with Crippen LogP contribution in [0.3, 0.4) is 0 Å². The number of rotatable bonds is 4. The smallest absolute Gasteiger partial charge is 0.229 e. The van der Waals surface area contributed by atoms with Crippen molar-refractivity contribution in [2.45, 2.75) is 20.8 Å². The summed E-state index contributed by atoms with van der Waals surface area (Å²) in [5.41, 5.74) is 5.43. The highest BCUT2D eigenvalue weighted by Crippen LogP contribution is 2.25. The molecule has 0 aliphatic heterocycles. The van der Waals surface area contributed by atoms with Crippen molar-refractivity contribution in [3.63, 3.8) is 0 Å². The first-order valence-corrected chi connectivity index (χ1v) is 8.02. The summed E-state index contributed by atoms with van der Waals surface area (Å²) < 4.78 is 0. The molecule has 0 atom stereocenters. The number of anilines is 4. The van der Waals surface area contributed by atoms with E-state index in [0.29, 0.717) is 23.0 Å². The van der Waals surface area contributed by atoms with Crippen LogP contribution in [-0.2, 0) is 0 Å². The molecule has 0 saturated heterocycles. The average Bonchev–Trinajstić information content (AvgIpc) is 2.58. The summed E-state index contributed by atoms with van der Waals surface area (Å²) in [6, 6.07) is 17.5. The molecule has 0 saturated carbocycles. The van der Waals surface area contributed by atoms with Crippen LogP contribution in [0.2, 0.25) is 0 Å². The fourth-order valence-corrected chi connectivity index (χ4v) is 2.64. The van der Waals surface area contributed by atoms with E-state index in [1.165, 1.54) is 0 Å². The van der Waals surface area contributed by atoms with Gasteiger partial charge < -0.3 is 10.6 Å². The standard InChI is InChI=1S/C20H19N5/c1-13-7-6-8-14(2)19(13)24-18-11-15(3)22-20(25-18)23-17-10-5-4-9-16(17)12-21/h4-11H,1-3H3,(H2,22,23,24,25). The third kappa shape index (κ3) is 3.75. The van der Waals surface area contributed by atoms with Crippen molar-refractivity contribution in [3.8, 4) is 6.07 Å². The Hall–Kier alpha value is -3.39. The van der Waals surface area contributed by atoms with Crippen LogP contribution in [0.25, 0.3) is 0 Å². The lowest BCUT2D eigenvalue weighted by molar-refractivity contribution is 1.10. The van der Waals surface area contributed by atoms with Crippen LogP contribution < -0.4 is 10.6 Å². The van der Waals surface area contributed by atoms with Crippen LogP contribution in [-0.4, -0.2) is 9.97 Å². The second-order valence-electron chi connectivity index (χ2n) is 5.89. The molecule has 2 N–H and O–H groups in total. The zero-order chi connectivity index (χ0) is 17.8. The number of para-hydroxylation sites is 2. The van der Waals surface area contributed by atoms with E-state index in [-0.39, 0.29) is 0 Å². The van der Waals surface area contributed by atoms with Crippen molar-refractivity contribution in [1.29, 1.82) is 5.26 Å². The minimum atomic E-state index is 0.455. The molecule has 3 rings (SSSR count). The minimum absolute atomic E-state index is 0.455. The first-order chi connectivity index (χ1) is 12.1. The lowest BCUT2D eigenvalue weighted by atomic mass is 10.1. The van der Waals surface area contributed by atoms with Gasteiger partial charge in [0.25, 0.3) is 0 Å². The SMILES string of the molecule is Cc1cc(Nc2c(C)cccc2C)nc(Nc2ccccc2C#N)n1. The topological polar surface area (TPSA) is 73.6 Å². The normalized spacial score (nSPS) is 10.2. The van der Waals surface area contributed by atoms with Gasteiger partial charge in [-0.1, -0.05) is 30.3 Å². The van der Waals surface area contributed by atoms with Crippen LogP contribution in [0.5, 0.6) is 0 Å². The molecular weight excluding hydrogens is 310 g/mol. The first-order valence-electron chi connectivity index (χ1n) is 8.02. The van der Waals surface area contributed by atoms with Crippen molar-refractivity contribution < 1.29 is 0 Å². The average molecular weight is 329 g/mol. The fraction of sp³-hybridized carbons (Fsp3) is 0.150. The Labute approximate surface area is 147 Å². The maximum atomic E-state index is 9.22. The zero-order valence-electron chi connectivity index (χ0n) is 14.5. The fourth-order valence-electron chi connectivity index (χ4n) is 2.64. The number of nitriles is 1. The second kappa shape index (κ2) is 7.02. The van der Waals surface area contributed by atoms with E-state index >= 15 is 0 Å². The van der Waals surface area contributed by atoms with E-state index in [1.807, 2.05) is 37.3 Å². The summed E-state index contributed by atoms with van der Waals surface area (Å²) in [5.74, 6) is 1.17. The van der Waals surface area contributed by atoms with Gasteiger partial charge in [-0.15, -0.1) is 0 Å². The van der Waals surface area contributed by atoms with Crippen LogP contribution >= 0.6 is 0 Å². The summed E-state index contributed by atoms with van der Waals surface area (Å²) in [5, 5.41) is 15.7.